The fourth-order valence-corrected chi connectivity index (χ4v) is 4.21. The molecular weight excluding hydrogens is 320 g/mol. The summed E-state index contributed by atoms with van der Waals surface area (Å²) in [6.45, 7) is 5.68. The van der Waals surface area contributed by atoms with Gasteiger partial charge in [-0.3, -0.25) is 4.79 Å². The van der Waals surface area contributed by atoms with Crippen LogP contribution in [0, 0.1) is 0 Å². The van der Waals surface area contributed by atoms with Gasteiger partial charge >= 0.3 is 0 Å². The number of methoxy groups -OCH3 is 1. The third kappa shape index (κ3) is 4.01. The smallest absolute Gasteiger partial charge is 0.243 e. The van der Waals surface area contributed by atoms with Crippen LogP contribution in [0.5, 0.6) is 5.75 Å². The molecule has 0 saturated carbocycles. The molecule has 128 valence electrons. The summed E-state index contributed by atoms with van der Waals surface area (Å²) in [4.78, 5) is 11.3. The van der Waals surface area contributed by atoms with E-state index in [2.05, 4.69) is 5.32 Å². The maximum absolute atomic E-state index is 12.8. The van der Waals surface area contributed by atoms with Crippen molar-refractivity contribution >= 4 is 21.6 Å². The van der Waals surface area contributed by atoms with Crippen LogP contribution in [0.1, 0.15) is 20.8 Å². The highest BCUT2D eigenvalue weighted by atomic mass is 32.2. The Morgan fingerprint density at radius 2 is 1.91 bits per heavy atom. The van der Waals surface area contributed by atoms with Crippen LogP contribution >= 0.6 is 0 Å². The summed E-state index contributed by atoms with van der Waals surface area (Å²) in [5.41, 5.74) is 0.433. The van der Waals surface area contributed by atoms with E-state index in [1.54, 1.807) is 0 Å². The van der Waals surface area contributed by atoms with Crippen molar-refractivity contribution < 1.29 is 22.7 Å². The summed E-state index contributed by atoms with van der Waals surface area (Å²) in [5.74, 6) is 0.0466. The molecule has 0 aliphatic carbocycles. The molecule has 0 unspecified atom stereocenters. The average molecular weight is 342 g/mol. The Kier molecular flexibility index (Phi) is 5.28. The number of ether oxygens (including phenoxy) is 2. The maximum Gasteiger partial charge on any atom is 0.243 e. The van der Waals surface area contributed by atoms with Gasteiger partial charge in [-0.1, -0.05) is 0 Å². The van der Waals surface area contributed by atoms with E-state index in [0.29, 0.717) is 24.5 Å². The lowest BCUT2D eigenvalue weighted by molar-refractivity contribution is -0.114. The second kappa shape index (κ2) is 6.86. The number of hydrogen-bond acceptors (Lipinski definition) is 5. The molecular formula is C15H22N2O5S. The van der Waals surface area contributed by atoms with Crippen LogP contribution in [0.15, 0.2) is 23.1 Å². The lowest BCUT2D eigenvalue weighted by Gasteiger charge is -2.34. The van der Waals surface area contributed by atoms with Gasteiger partial charge in [0.1, 0.15) is 5.75 Å². The van der Waals surface area contributed by atoms with E-state index in [1.165, 1.54) is 36.5 Å². The van der Waals surface area contributed by atoms with Gasteiger partial charge in [0.15, 0.2) is 0 Å². The summed E-state index contributed by atoms with van der Waals surface area (Å²) in [5, 5.41) is 2.60. The van der Waals surface area contributed by atoms with E-state index < -0.39 is 10.0 Å². The fraction of sp³-hybridized carbons (Fsp3) is 0.533. The molecule has 0 spiro atoms. The minimum atomic E-state index is -3.65. The van der Waals surface area contributed by atoms with Crippen LogP contribution in [0.2, 0.25) is 0 Å². The molecule has 1 heterocycles. The number of carbonyl (C=O) groups excluding carboxylic acids is 1. The van der Waals surface area contributed by atoms with Gasteiger partial charge in [0.05, 0.1) is 29.9 Å². The van der Waals surface area contributed by atoms with E-state index in [4.69, 9.17) is 9.47 Å². The zero-order valence-corrected chi connectivity index (χ0v) is 14.5. The zero-order valence-electron chi connectivity index (χ0n) is 13.7. The van der Waals surface area contributed by atoms with Crippen molar-refractivity contribution in [1.82, 2.24) is 4.31 Å². The number of sulfonamides is 1. The molecule has 1 amide bonds. The highest BCUT2D eigenvalue weighted by Crippen LogP contribution is 2.30. The van der Waals surface area contributed by atoms with Gasteiger partial charge in [-0.15, -0.1) is 0 Å². The molecule has 0 aromatic heterocycles. The number of morpholine rings is 1. The summed E-state index contributed by atoms with van der Waals surface area (Å²) in [6, 6.07) is 4.42. The molecule has 1 aliphatic rings. The van der Waals surface area contributed by atoms with E-state index in [0.717, 1.165) is 0 Å². The summed E-state index contributed by atoms with van der Waals surface area (Å²) < 4.78 is 37.8. The van der Waals surface area contributed by atoms with Crippen LogP contribution in [-0.4, -0.2) is 51.0 Å². The van der Waals surface area contributed by atoms with Crippen molar-refractivity contribution in [2.45, 2.75) is 37.9 Å². The molecule has 2 atom stereocenters. The number of carbonyl (C=O) groups is 1. The van der Waals surface area contributed by atoms with Crippen molar-refractivity contribution in [3.8, 4) is 5.75 Å². The molecule has 1 aromatic carbocycles. The highest BCUT2D eigenvalue weighted by molar-refractivity contribution is 7.89. The predicted molar refractivity (Wildman–Crippen MR) is 86.1 cm³/mol. The number of amides is 1. The number of benzene rings is 1. The first kappa shape index (κ1) is 17.7. The normalized spacial score (nSPS) is 22.6. The Morgan fingerprint density at radius 3 is 2.43 bits per heavy atom. The highest BCUT2D eigenvalue weighted by Gasteiger charge is 2.32. The van der Waals surface area contributed by atoms with Crippen LogP contribution in [0.4, 0.5) is 5.69 Å². The predicted octanol–water partition coefficient (Wildman–Crippen LogP) is 1.45. The van der Waals surface area contributed by atoms with E-state index in [-0.39, 0.29) is 23.0 Å². The Labute approximate surface area is 136 Å². The Morgan fingerprint density at radius 1 is 1.30 bits per heavy atom. The Bertz CT molecular complexity index is 679. The fourth-order valence-electron chi connectivity index (χ4n) is 2.60. The van der Waals surface area contributed by atoms with E-state index >= 15 is 0 Å². The van der Waals surface area contributed by atoms with Crippen molar-refractivity contribution in [2.24, 2.45) is 0 Å². The van der Waals surface area contributed by atoms with Gasteiger partial charge in [0.25, 0.3) is 0 Å². The molecule has 7 nitrogen and oxygen atoms in total. The number of nitrogens with zero attached hydrogens (tertiary/aromatic N) is 1. The molecule has 1 aromatic rings. The summed E-state index contributed by atoms with van der Waals surface area (Å²) in [6.07, 6.45) is -0.317. The molecule has 1 N–H and O–H groups in total. The third-order valence-corrected chi connectivity index (χ3v) is 5.34. The second-order valence-corrected chi connectivity index (χ2v) is 7.56. The monoisotopic (exact) mass is 342 g/mol. The average Bonchev–Trinajstić information content (AvgIpc) is 2.45. The molecule has 1 aliphatic heterocycles. The topological polar surface area (TPSA) is 84.9 Å². The first-order valence-electron chi connectivity index (χ1n) is 7.35. The number of hydrogen-bond donors (Lipinski definition) is 1. The van der Waals surface area contributed by atoms with Crippen LogP contribution in [0.3, 0.4) is 0 Å². The lowest BCUT2D eigenvalue weighted by Crippen LogP contribution is -2.48. The minimum Gasteiger partial charge on any atom is -0.495 e. The number of rotatable bonds is 4. The van der Waals surface area contributed by atoms with Crippen molar-refractivity contribution in [1.29, 1.82) is 0 Å². The zero-order chi connectivity index (χ0) is 17.2. The van der Waals surface area contributed by atoms with Crippen molar-refractivity contribution in [3.05, 3.63) is 18.2 Å². The van der Waals surface area contributed by atoms with Crippen LogP contribution < -0.4 is 10.1 Å². The summed E-state index contributed by atoms with van der Waals surface area (Å²) in [7, 11) is -2.22. The molecule has 0 bridgehead atoms. The molecule has 1 fully saturated rings. The first-order chi connectivity index (χ1) is 10.7. The Balaban J connectivity index is 2.34. The van der Waals surface area contributed by atoms with Gasteiger partial charge < -0.3 is 14.8 Å². The van der Waals surface area contributed by atoms with Gasteiger partial charge in [0, 0.05) is 26.1 Å². The molecule has 0 radical (unpaired) electrons. The van der Waals surface area contributed by atoms with E-state index in [9.17, 15) is 13.2 Å². The van der Waals surface area contributed by atoms with Crippen molar-refractivity contribution in [3.63, 3.8) is 0 Å². The van der Waals surface area contributed by atoms with Gasteiger partial charge in [-0.25, -0.2) is 8.42 Å². The Hall–Kier alpha value is -1.64. The molecule has 1 saturated heterocycles. The second-order valence-electron chi connectivity index (χ2n) is 5.62. The van der Waals surface area contributed by atoms with Gasteiger partial charge in [0.2, 0.25) is 15.9 Å². The molecule has 23 heavy (non-hydrogen) atoms. The van der Waals surface area contributed by atoms with Gasteiger partial charge in [-0.2, -0.15) is 4.31 Å². The van der Waals surface area contributed by atoms with Crippen LogP contribution in [-0.2, 0) is 19.6 Å². The minimum absolute atomic E-state index is 0.129. The maximum atomic E-state index is 12.8. The van der Waals surface area contributed by atoms with Gasteiger partial charge in [-0.05, 0) is 26.0 Å². The van der Waals surface area contributed by atoms with E-state index in [1.807, 2.05) is 13.8 Å². The number of nitrogens with one attached hydrogen (secondary N) is 1. The molecule has 2 rings (SSSR count). The quantitative estimate of drug-likeness (QED) is 0.895. The third-order valence-electron chi connectivity index (χ3n) is 3.51. The summed E-state index contributed by atoms with van der Waals surface area (Å²) >= 11 is 0. The first-order valence-corrected chi connectivity index (χ1v) is 8.79. The SMILES string of the molecule is COc1cc(S(=O)(=O)N2C[C@@H](C)O[C@H](C)C2)ccc1NC(C)=O. The van der Waals surface area contributed by atoms with Crippen molar-refractivity contribution in [2.75, 3.05) is 25.5 Å². The molecule has 8 heteroatoms. The lowest BCUT2D eigenvalue weighted by atomic mass is 10.3. The number of anilines is 1. The van der Waals surface area contributed by atoms with Crippen LogP contribution in [0.25, 0.3) is 0 Å². The standard InChI is InChI=1S/C15H22N2O5S/c1-10-8-17(9-11(2)22-10)23(19,20)13-5-6-14(16-12(3)18)15(7-13)21-4/h5-7,10-11H,8-9H2,1-4H3,(H,16,18)/t10-,11-/m1/s1. The largest absolute Gasteiger partial charge is 0.495 e.